The molecule has 19 heavy (non-hydrogen) atoms. The predicted molar refractivity (Wildman–Crippen MR) is 75.2 cm³/mol. The molecule has 0 amide bonds. The van der Waals surface area contributed by atoms with Gasteiger partial charge < -0.3 is 4.74 Å². The van der Waals surface area contributed by atoms with Crippen molar-refractivity contribution < 1.29 is 9.53 Å². The molecule has 1 unspecified atom stereocenters. The van der Waals surface area contributed by atoms with Crippen molar-refractivity contribution in [2.75, 3.05) is 6.61 Å². The molecule has 0 N–H and O–H groups in total. The number of fused-ring (bicyclic) bond motifs is 1. The van der Waals surface area contributed by atoms with Gasteiger partial charge in [-0.05, 0) is 24.6 Å². The van der Waals surface area contributed by atoms with Gasteiger partial charge in [0.15, 0.2) is 5.78 Å². The largest absolute Gasteiger partial charge is 0.492 e. The van der Waals surface area contributed by atoms with Gasteiger partial charge in [0.25, 0.3) is 0 Å². The van der Waals surface area contributed by atoms with Crippen LogP contribution in [0.15, 0.2) is 42.5 Å². The lowest BCUT2D eigenvalue weighted by molar-refractivity contribution is 0.0947. The maximum absolute atomic E-state index is 12.5. The molecule has 1 aliphatic rings. The number of benzene rings is 2. The fourth-order valence-corrected chi connectivity index (χ4v) is 2.51. The Balaban J connectivity index is 1.95. The SMILES string of the molecule is Cc1ccc(C(=O)C2COc3ccccc32)cc1Cl. The molecule has 1 atom stereocenters. The molecule has 0 radical (unpaired) electrons. The Hall–Kier alpha value is -1.80. The van der Waals surface area contributed by atoms with E-state index in [-0.39, 0.29) is 11.7 Å². The molecular formula is C16H13ClO2. The first-order valence-electron chi connectivity index (χ1n) is 6.19. The first-order valence-corrected chi connectivity index (χ1v) is 6.56. The summed E-state index contributed by atoms with van der Waals surface area (Å²) in [5, 5.41) is 0.623. The Labute approximate surface area is 117 Å². The van der Waals surface area contributed by atoms with Gasteiger partial charge in [0.2, 0.25) is 0 Å². The number of hydrogen-bond acceptors (Lipinski definition) is 2. The van der Waals surface area contributed by atoms with Crippen molar-refractivity contribution >= 4 is 17.4 Å². The lowest BCUT2D eigenvalue weighted by Crippen LogP contribution is -2.14. The van der Waals surface area contributed by atoms with Crippen LogP contribution < -0.4 is 4.74 Å². The molecule has 1 heterocycles. The quantitative estimate of drug-likeness (QED) is 0.772. The minimum Gasteiger partial charge on any atom is -0.492 e. The first-order chi connectivity index (χ1) is 9.16. The molecule has 0 spiro atoms. The van der Waals surface area contributed by atoms with Crippen LogP contribution in [0.3, 0.4) is 0 Å². The van der Waals surface area contributed by atoms with Crippen LogP contribution in [0.25, 0.3) is 0 Å². The third-order valence-electron chi connectivity index (χ3n) is 3.47. The third kappa shape index (κ3) is 2.13. The van der Waals surface area contributed by atoms with Gasteiger partial charge in [-0.15, -0.1) is 0 Å². The zero-order chi connectivity index (χ0) is 13.4. The molecule has 2 aromatic rings. The highest BCUT2D eigenvalue weighted by Crippen LogP contribution is 2.35. The van der Waals surface area contributed by atoms with Gasteiger partial charge in [-0.25, -0.2) is 0 Å². The number of hydrogen-bond donors (Lipinski definition) is 0. The summed E-state index contributed by atoms with van der Waals surface area (Å²) in [5.74, 6) is 0.640. The first kappa shape index (κ1) is 12.2. The summed E-state index contributed by atoms with van der Waals surface area (Å²) in [4.78, 5) is 12.5. The fourth-order valence-electron chi connectivity index (χ4n) is 2.33. The van der Waals surface area contributed by atoms with Crippen LogP contribution >= 0.6 is 11.6 Å². The highest BCUT2D eigenvalue weighted by molar-refractivity contribution is 6.31. The van der Waals surface area contributed by atoms with Crippen LogP contribution in [0.5, 0.6) is 5.75 Å². The molecule has 0 saturated carbocycles. The zero-order valence-corrected chi connectivity index (χ0v) is 11.3. The molecule has 0 bridgehead atoms. The number of halogens is 1. The summed E-state index contributed by atoms with van der Waals surface area (Å²) in [7, 11) is 0. The summed E-state index contributed by atoms with van der Waals surface area (Å²) < 4.78 is 5.55. The van der Waals surface area contributed by atoms with Gasteiger partial charge in [0, 0.05) is 16.1 Å². The monoisotopic (exact) mass is 272 g/mol. The average Bonchev–Trinajstić information content (AvgIpc) is 2.85. The number of carbonyl (C=O) groups is 1. The highest BCUT2D eigenvalue weighted by atomic mass is 35.5. The second-order valence-electron chi connectivity index (χ2n) is 4.73. The van der Waals surface area contributed by atoms with Crippen molar-refractivity contribution in [2.45, 2.75) is 12.8 Å². The van der Waals surface area contributed by atoms with Gasteiger partial charge >= 0.3 is 0 Å². The van der Waals surface area contributed by atoms with E-state index in [0.717, 1.165) is 16.9 Å². The Morgan fingerprint density at radius 3 is 2.84 bits per heavy atom. The lowest BCUT2D eigenvalue weighted by atomic mass is 9.92. The number of para-hydroxylation sites is 1. The average molecular weight is 273 g/mol. The topological polar surface area (TPSA) is 26.3 Å². The molecule has 0 aromatic heterocycles. The minimum absolute atomic E-state index is 0.0619. The molecule has 0 fully saturated rings. The zero-order valence-electron chi connectivity index (χ0n) is 10.5. The van der Waals surface area contributed by atoms with Crippen molar-refractivity contribution in [1.29, 1.82) is 0 Å². The second-order valence-corrected chi connectivity index (χ2v) is 5.14. The second kappa shape index (κ2) is 4.71. The van der Waals surface area contributed by atoms with Crippen molar-refractivity contribution in [3.05, 3.63) is 64.2 Å². The van der Waals surface area contributed by atoms with E-state index in [1.54, 1.807) is 6.07 Å². The van der Waals surface area contributed by atoms with Crippen LogP contribution in [-0.2, 0) is 0 Å². The molecular weight excluding hydrogens is 260 g/mol. The molecule has 0 saturated heterocycles. The van der Waals surface area contributed by atoms with Crippen LogP contribution in [0.2, 0.25) is 5.02 Å². The van der Waals surface area contributed by atoms with Crippen molar-refractivity contribution in [2.24, 2.45) is 0 Å². The highest BCUT2D eigenvalue weighted by Gasteiger charge is 2.30. The Bertz CT molecular complexity index is 649. The maximum Gasteiger partial charge on any atom is 0.173 e. The van der Waals surface area contributed by atoms with Gasteiger partial charge in [0.05, 0.1) is 5.92 Å². The lowest BCUT2D eigenvalue weighted by Gasteiger charge is -2.09. The number of carbonyl (C=O) groups excluding carboxylic acids is 1. The van der Waals surface area contributed by atoms with Crippen molar-refractivity contribution in [3.8, 4) is 5.75 Å². The standard InChI is InChI=1S/C16H13ClO2/c1-10-6-7-11(8-14(10)17)16(18)13-9-19-15-5-3-2-4-12(13)15/h2-8,13H,9H2,1H3. The Morgan fingerprint density at radius 1 is 1.26 bits per heavy atom. The predicted octanol–water partition coefficient (Wildman–Crippen LogP) is 4.01. The van der Waals surface area contributed by atoms with Crippen molar-refractivity contribution in [3.63, 3.8) is 0 Å². The molecule has 3 heteroatoms. The van der Waals surface area contributed by atoms with E-state index in [9.17, 15) is 4.79 Å². The summed E-state index contributed by atoms with van der Waals surface area (Å²) in [6, 6.07) is 13.1. The van der Waals surface area contributed by atoms with E-state index in [0.29, 0.717) is 17.2 Å². The number of rotatable bonds is 2. The smallest absolute Gasteiger partial charge is 0.173 e. The molecule has 3 rings (SSSR count). The van der Waals surface area contributed by atoms with E-state index in [1.165, 1.54) is 0 Å². The molecule has 2 aromatic carbocycles. The van der Waals surface area contributed by atoms with E-state index in [2.05, 4.69) is 0 Å². The summed E-state index contributed by atoms with van der Waals surface area (Å²) in [5.41, 5.74) is 2.58. The number of Topliss-reactive ketones (excluding diaryl/α,β-unsaturated/α-hetero) is 1. The van der Waals surface area contributed by atoms with Gasteiger partial charge in [-0.1, -0.05) is 41.9 Å². The van der Waals surface area contributed by atoms with Crippen LogP contribution in [0.4, 0.5) is 0 Å². The van der Waals surface area contributed by atoms with Crippen molar-refractivity contribution in [1.82, 2.24) is 0 Å². The molecule has 1 aliphatic heterocycles. The number of ether oxygens (including phenoxy) is 1. The molecule has 96 valence electrons. The van der Waals surface area contributed by atoms with Crippen LogP contribution in [-0.4, -0.2) is 12.4 Å². The van der Waals surface area contributed by atoms with E-state index >= 15 is 0 Å². The number of aryl methyl sites for hydroxylation is 1. The van der Waals surface area contributed by atoms with Crippen LogP contribution in [0, 0.1) is 6.92 Å². The number of ketones is 1. The van der Waals surface area contributed by atoms with Gasteiger partial charge in [-0.2, -0.15) is 0 Å². The van der Waals surface area contributed by atoms with E-state index in [4.69, 9.17) is 16.3 Å². The normalized spacial score (nSPS) is 16.8. The minimum atomic E-state index is -0.227. The van der Waals surface area contributed by atoms with Gasteiger partial charge in [-0.3, -0.25) is 4.79 Å². The summed E-state index contributed by atoms with van der Waals surface area (Å²) >= 11 is 6.08. The fraction of sp³-hybridized carbons (Fsp3) is 0.188. The maximum atomic E-state index is 12.5. The molecule has 0 aliphatic carbocycles. The van der Waals surface area contributed by atoms with Crippen LogP contribution in [0.1, 0.15) is 27.4 Å². The summed E-state index contributed by atoms with van der Waals surface area (Å²) in [6.07, 6.45) is 0. The summed E-state index contributed by atoms with van der Waals surface area (Å²) in [6.45, 7) is 2.33. The third-order valence-corrected chi connectivity index (χ3v) is 3.88. The van der Waals surface area contributed by atoms with E-state index in [1.807, 2.05) is 43.3 Å². The molecule has 2 nitrogen and oxygen atoms in total. The van der Waals surface area contributed by atoms with Gasteiger partial charge in [0.1, 0.15) is 12.4 Å². The van der Waals surface area contributed by atoms with E-state index < -0.39 is 0 Å². The Morgan fingerprint density at radius 2 is 2.05 bits per heavy atom. The Kier molecular flexibility index (Phi) is 3.03.